The summed E-state index contributed by atoms with van der Waals surface area (Å²) in [6.07, 6.45) is 1.87. The molecule has 0 radical (unpaired) electrons. The zero-order valence-electron chi connectivity index (χ0n) is 16.7. The van der Waals surface area contributed by atoms with Gasteiger partial charge in [0.15, 0.2) is 0 Å². The monoisotopic (exact) mass is 409 g/mol. The Labute approximate surface area is 171 Å². The van der Waals surface area contributed by atoms with Crippen molar-refractivity contribution in [2.45, 2.75) is 52.2 Å². The van der Waals surface area contributed by atoms with Crippen LogP contribution >= 0.6 is 11.6 Å². The Morgan fingerprint density at radius 1 is 1.14 bits per heavy atom. The maximum absolute atomic E-state index is 12.5. The second kappa shape index (κ2) is 9.41. The number of amides is 1. The number of alkyl halides is 1. The summed E-state index contributed by atoms with van der Waals surface area (Å²) in [6.45, 7) is 5.59. The first kappa shape index (κ1) is 22.2. The van der Waals surface area contributed by atoms with Crippen LogP contribution in [-0.4, -0.2) is 47.3 Å². The van der Waals surface area contributed by atoms with Gasteiger partial charge in [-0.15, -0.1) is 11.6 Å². The molecule has 7 heteroatoms. The molecule has 0 bridgehead atoms. The third kappa shape index (κ3) is 6.82. The normalized spacial score (nSPS) is 14.9. The van der Waals surface area contributed by atoms with Crippen LogP contribution in [0.15, 0.2) is 30.3 Å². The molecule has 0 saturated heterocycles. The molecular formula is C21H28ClNO5. The largest absolute Gasteiger partial charge is 0.460 e. The number of nitrogens with zero attached hydrogens (tertiary/aromatic N) is 1. The van der Waals surface area contributed by atoms with E-state index in [2.05, 4.69) is 0 Å². The molecule has 1 amide bonds. The van der Waals surface area contributed by atoms with E-state index in [0.29, 0.717) is 6.42 Å². The van der Waals surface area contributed by atoms with Crippen molar-refractivity contribution in [3.63, 3.8) is 0 Å². The van der Waals surface area contributed by atoms with Gasteiger partial charge in [-0.3, -0.25) is 14.4 Å². The molecule has 28 heavy (non-hydrogen) atoms. The lowest BCUT2D eigenvalue weighted by Crippen LogP contribution is -2.41. The van der Waals surface area contributed by atoms with Crippen LogP contribution in [-0.2, 0) is 30.5 Å². The molecule has 0 unspecified atom stereocenters. The van der Waals surface area contributed by atoms with Gasteiger partial charge in [-0.25, -0.2) is 0 Å². The van der Waals surface area contributed by atoms with Gasteiger partial charge < -0.3 is 14.4 Å². The van der Waals surface area contributed by atoms with Gasteiger partial charge in [0.25, 0.3) is 0 Å². The van der Waals surface area contributed by atoms with Crippen molar-refractivity contribution in [1.29, 1.82) is 0 Å². The molecule has 0 aromatic heterocycles. The van der Waals surface area contributed by atoms with E-state index in [1.807, 2.05) is 30.3 Å². The van der Waals surface area contributed by atoms with Crippen LogP contribution in [0.2, 0.25) is 0 Å². The minimum atomic E-state index is -0.633. The van der Waals surface area contributed by atoms with Gasteiger partial charge >= 0.3 is 11.9 Å². The van der Waals surface area contributed by atoms with Crippen LogP contribution in [0.4, 0.5) is 0 Å². The van der Waals surface area contributed by atoms with Crippen molar-refractivity contribution in [2.75, 3.05) is 19.0 Å². The summed E-state index contributed by atoms with van der Waals surface area (Å²) < 4.78 is 10.7. The van der Waals surface area contributed by atoms with Crippen molar-refractivity contribution < 1.29 is 23.9 Å². The smallest absolute Gasteiger partial charge is 0.326 e. The van der Waals surface area contributed by atoms with Gasteiger partial charge in [-0.05, 0) is 45.6 Å². The number of ether oxygens (including phenoxy) is 2. The van der Waals surface area contributed by atoms with Gasteiger partial charge in [-0.2, -0.15) is 0 Å². The predicted octanol–water partition coefficient (Wildman–Crippen LogP) is 3.31. The van der Waals surface area contributed by atoms with E-state index in [1.165, 1.54) is 4.90 Å². The van der Waals surface area contributed by atoms with Crippen molar-refractivity contribution in [3.05, 3.63) is 35.9 Å². The summed E-state index contributed by atoms with van der Waals surface area (Å²) in [5, 5.41) is 0. The van der Waals surface area contributed by atoms with Crippen LogP contribution in [0.1, 0.15) is 45.6 Å². The van der Waals surface area contributed by atoms with Crippen molar-refractivity contribution >= 4 is 29.4 Å². The topological polar surface area (TPSA) is 72.9 Å². The Bertz CT molecular complexity index is 694. The number of halogens is 1. The minimum absolute atomic E-state index is 0.183. The molecule has 0 N–H and O–H groups in total. The maximum Gasteiger partial charge on any atom is 0.326 e. The van der Waals surface area contributed by atoms with Crippen molar-refractivity contribution in [1.82, 2.24) is 4.90 Å². The highest BCUT2D eigenvalue weighted by molar-refractivity contribution is 6.27. The predicted molar refractivity (Wildman–Crippen MR) is 106 cm³/mol. The minimum Gasteiger partial charge on any atom is -0.460 e. The second-order valence-electron chi connectivity index (χ2n) is 8.13. The van der Waals surface area contributed by atoms with E-state index < -0.39 is 17.0 Å². The van der Waals surface area contributed by atoms with E-state index in [-0.39, 0.29) is 37.5 Å². The van der Waals surface area contributed by atoms with Crippen LogP contribution in [0.25, 0.3) is 0 Å². The first-order chi connectivity index (χ1) is 13.1. The van der Waals surface area contributed by atoms with Gasteiger partial charge in [0, 0.05) is 6.54 Å². The molecular weight excluding hydrogens is 382 g/mol. The Balaban J connectivity index is 1.89. The summed E-state index contributed by atoms with van der Waals surface area (Å²) in [5.41, 5.74) is -0.283. The summed E-state index contributed by atoms with van der Waals surface area (Å²) in [5.74, 6) is -1.34. The summed E-state index contributed by atoms with van der Waals surface area (Å²) in [7, 11) is 0. The van der Waals surface area contributed by atoms with E-state index in [0.717, 1.165) is 18.4 Å². The Morgan fingerprint density at radius 3 is 2.32 bits per heavy atom. The lowest BCUT2D eigenvalue weighted by molar-refractivity contribution is -0.158. The quantitative estimate of drug-likeness (QED) is 0.462. The van der Waals surface area contributed by atoms with Crippen LogP contribution in [0, 0.1) is 5.41 Å². The fourth-order valence-corrected chi connectivity index (χ4v) is 3.01. The summed E-state index contributed by atoms with van der Waals surface area (Å²) >= 11 is 5.67. The number of benzene rings is 1. The summed E-state index contributed by atoms with van der Waals surface area (Å²) in [4.78, 5) is 38.0. The van der Waals surface area contributed by atoms with Gasteiger partial charge in [-0.1, -0.05) is 30.3 Å². The van der Waals surface area contributed by atoms with Gasteiger partial charge in [0.1, 0.15) is 24.6 Å². The second-order valence-corrected chi connectivity index (χ2v) is 8.39. The van der Waals surface area contributed by atoms with Crippen molar-refractivity contribution in [3.8, 4) is 0 Å². The molecule has 2 rings (SSSR count). The lowest BCUT2D eigenvalue weighted by Gasteiger charge is -2.26. The van der Waals surface area contributed by atoms with Crippen LogP contribution in [0.5, 0.6) is 0 Å². The SMILES string of the molecule is CC(C)(C)OC(=O)CN(CCC1(C(=O)OCc2ccccc2)CC1)C(=O)CCl. The molecule has 0 aliphatic heterocycles. The standard InChI is InChI=1S/C21H28ClNO5/c1-20(2,3)28-18(25)14-23(17(24)13-22)12-11-21(9-10-21)19(26)27-15-16-7-5-4-6-8-16/h4-8H,9-15H2,1-3H3. The fraction of sp³-hybridized carbons (Fsp3) is 0.571. The highest BCUT2D eigenvalue weighted by Gasteiger charge is 2.51. The molecule has 1 saturated carbocycles. The molecule has 1 aromatic rings. The Morgan fingerprint density at radius 2 is 1.79 bits per heavy atom. The zero-order chi connectivity index (χ0) is 20.8. The summed E-state index contributed by atoms with van der Waals surface area (Å²) in [6, 6.07) is 9.48. The van der Waals surface area contributed by atoms with Crippen LogP contribution in [0.3, 0.4) is 0 Å². The van der Waals surface area contributed by atoms with E-state index in [9.17, 15) is 14.4 Å². The number of carbonyl (C=O) groups is 3. The molecule has 154 valence electrons. The highest BCUT2D eigenvalue weighted by Crippen LogP contribution is 2.50. The number of hydrogen-bond acceptors (Lipinski definition) is 5. The number of carbonyl (C=O) groups excluding carboxylic acids is 3. The molecule has 1 aliphatic rings. The molecule has 1 aromatic carbocycles. The average Bonchev–Trinajstić information content (AvgIpc) is 3.43. The first-order valence-electron chi connectivity index (χ1n) is 9.42. The number of esters is 2. The number of rotatable bonds is 9. The zero-order valence-corrected chi connectivity index (χ0v) is 17.5. The fourth-order valence-electron chi connectivity index (χ4n) is 2.84. The molecule has 0 heterocycles. The Hall–Kier alpha value is -2.08. The first-order valence-corrected chi connectivity index (χ1v) is 9.95. The third-order valence-electron chi connectivity index (χ3n) is 4.57. The van der Waals surface area contributed by atoms with Crippen molar-refractivity contribution in [2.24, 2.45) is 5.41 Å². The lowest BCUT2D eigenvalue weighted by atomic mass is 10.0. The molecule has 6 nitrogen and oxygen atoms in total. The molecule has 1 aliphatic carbocycles. The molecule has 0 spiro atoms. The molecule has 1 fully saturated rings. The third-order valence-corrected chi connectivity index (χ3v) is 4.80. The highest BCUT2D eigenvalue weighted by atomic mass is 35.5. The maximum atomic E-state index is 12.5. The van der Waals surface area contributed by atoms with Crippen LogP contribution < -0.4 is 0 Å². The molecule has 0 atom stereocenters. The van der Waals surface area contributed by atoms with Gasteiger partial charge in [0.2, 0.25) is 5.91 Å². The van der Waals surface area contributed by atoms with E-state index >= 15 is 0 Å². The van der Waals surface area contributed by atoms with E-state index in [1.54, 1.807) is 20.8 Å². The van der Waals surface area contributed by atoms with E-state index in [4.69, 9.17) is 21.1 Å². The van der Waals surface area contributed by atoms with Gasteiger partial charge in [0.05, 0.1) is 5.41 Å². The number of hydrogen-bond donors (Lipinski definition) is 0. The Kier molecular flexibility index (Phi) is 7.47. The average molecular weight is 410 g/mol.